The van der Waals surface area contributed by atoms with E-state index in [1.165, 1.54) is 56.0 Å². The molecule has 5 nitrogen and oxygen atoms in total. The van der Waals surface area contributed by atoms with Crippen molar-refractivity contribution in [3.8, 4) is 10.6 Å². The number of amides is 1. The van der Waals surface area contributed by atoms with E-state index in [1.807, 2.05) is 12.1 Å². The number of thioether (sulfide) groups is 1. The first-order valence-corrected chi connectivity index (χ1v) is 12.6. The second-order valence-electron chi connectivity index (χ2n) is 9.34. The molecule has 4 aliphatic carbocycles. The Balaban J connectivity index is 1.18. The average molecular weight is 437 g/mol. The number of nitrogens with zero attached hydrogens (tertiary/aromatic N) is 3. The van der Waals surface area contributed by atoms with Crippen LogP contribution in [0.2, 0.25) is 0 Å². The summed E-state index contributed by atoms with van der Waals surface area (Å²) in [4.78, 5) is 16.3. The van der Waals surface area contributed by atoms with Crippen LogP contribution in [0, 0.1) is 17.8 Å². The topological polar surface area (TPSA) is 66.7 Å². The molecule has 1 aliphatic heterocycles. The summed E-state index contributed by atoms with van der Waals surface area (Å²) < 4.78 is 0. The Bertz CT molecular complexity index is 1000. The summed E-state index contributed by atoms with van der Waals surface area (Å²) in [7, 11) is 0. The quantitative estimate of drug-likeness (QED) is 0.551. The number of nitrogens with one attached hydrogen (secondary N) is 1. The molecule has 7 heteroatoms. The summed E-state index contributed by atoms with van der Waals surface area (Å²) in [6.07, 6.45) is 10.2. The highest BCUT2D eigenvalue weighted by molar-refractivity contribution is 8.15. The first kappa shape index (κ1) is 18.8. The van der Waals surface area contributed by atoms with Gasteiger partial charge in [0.15, 0.2) is 5.17 Å². The summed E-state index contributed by atoms with van der Waals surface area (Å²) in [6, 6.07) is 8.32. The zero-order valence-electron chi connectivity index (χ0n) is 16.7. The van der Waals surface area contributed by atoms with Crippen LogP contribution in [0.5, 0.6) is 0 Å². The van der Waals surface area contributed by atoms with Gasteiger partial charge >= 0.3 is 0 Å². The van der Waals surface area contributed by atoms with Gasteiger partial charge in [-0.2, -0.15) is 5.10 Å². The summed E-state index contributed by atoms with van der Waals surface area (Å²) in [5.74, 6) is 3.23. The van der Waals surface area contributed by atoms with Gasteiger partial charge in [-0.15, -0.1) is 16.4 Å². The number of aromatic nitrogens is 1. The van der Waals surface area contributed by atoms with Crippen molar-refractivity contribution in [1.29, 1.82) is 0 Å². The van der Waals surface area contributed by atoms with Crippen LogP contribution in [-0.4, -0.2) is 28.0 Å². The zero-order chi connectivity index (χ0) is 20.1. The van der Waals surface area contributed by atoms with Crippen LogP contribution < -0.4 is 5.32 Å². The molecule has 1 aromatic carbocycles. The molecular formula is C23H24N4OS2. The molecule has 1 aromatic heterocycles. The lowest BCUT2D eigenvalue weighted by molar-refractivity contribution is -0.116. The van der Waals surface area contributed by atoms with Gasteiger partial charge in [0.25, 0.3) is 0 Å². The van der Waals surface area contributed by atoms with Gasteiger partial charge in [-0.3, -0.25) is 4.79 Å². The maximum absolute atomic E-state index is 11.2. The molecule has 4 bridgehead atoms. The van der Waals surface area contributed by atoms with Crippen molar-refractivity contribution < 1.29 is 4.79 Å². The highest BCUT2D eigenvalue weighted by Crippen LogP contribution is 2.60. The molecule has 5 aliphatic rings. The Labute approximate surface area is 184 Å². The molecule has 7 rings (SSSR count). The highest BCUT2D eigenvalue weighted by Gasteiger charge is 2.52. The molecule has 1 N–H and O–H groups in total. The van der Waals surface area contributed by atoms with Gasteiger partial charge in [-0.1, -0.05) is 36.0 Å². The van der Waals surface area contributed by atoms with Gasteiger partial charge in [0.05, 0.1) is 17.7 Å². The van der Waals surface area contributed by atoms with Crippen LogP contribution >= 0.6 is 23.1 Å². The lowest BCUT2D eigenvalue weighted by Crippen LogP contribution is -2.48. The number of hydrogen-bond acceptors (Lipinski definition) is 6. The molecule has 0 radical (unpaired) electrons. The second-order valence-corrected chi connectivity index (χ2v) is 11.2. The van der Waals surface area contributed by atoms with Gasteiger partial charge in [0.1, 0.15) is 5.01 Å². The van der Waals surface area contributed by atoms with Crippen molar-refractivity contribution in [2.75, 3.05) is 5.75 Å². The summed E-state index contributed by atoms with van der Waals surface area (Å²) in [6.45, 7) is 0. The predicted octanol–water partition coefficient (Wildman–Crippen LogP) is 4.83. The van der Waals surface area contributed by atoms with Crippen molar-refractivity contribution in [3.05, 3.63) is 40.9 Å². The third-order valence-electron chi connectivity index (χ3n) is 7.19. The number of carbonyl (C=O) groups excluding carboxylic acids is 1. The first-order valence-electron chi connectivity index (χ1n) is 10.8. The minimum atomic E-state index is -0.0188. The van der Waals surface area contributed by atoms with Crippen molar-refractivity contribution in [2.24, 2.45) is 28.0 Å². The minimum Gasteiger partial charge on any atom is -0.303 e. The fourth-order valence-corrected chi connectivity index (χ4v) is 7.89. The molecule has 1 amide bonds. The van der Waals surface area contributed by atoms with E-state index in [9.17, 15) is 4.79 Å². The van der Waals surface area contributed by atoms with Crippen molar-refractivity contribution in [3.63, 3.8) is 0 Å². The standard InChI is InChI=1S/C23H24N4OS2/c28-20-13-30-22(26-20)27-24-11-14-1-3-18(4-2-14)21-25-19(12-29-21)23-8-15-5-16(9-23)7-17(6-15)10-23/h1-4,11-12,15-17H,5-10,13H2,(H,26,27,28). The molecule has 30 heavy (non-hydrogen) atoms. The van der Waals surface area contributed by atoms with Gasteiger partial charge in [0, 0.05) is 16.4 Å². The normalized spacial score (nSPS) is 33.7. The average Bonchev–Trinajstić information content (AvgIpc) is 3.37. The van der Waals surface area contributed by atoms with Crippen LogP contribution in [0.1, 0.15) is 49.8 Å². The SMILES string of the molecule is O=C1CSC(=NN=Cc2ccc(-c3nc(C45CC6CC(CC(C6)C4)C5)cs3)cc2)N1. The Kier molecular flexibility index (Phi) is 4.57. The number of rotatable bonds is 4. The number of benzene rings is 1. The third kappa shape index (κ3) is 3.42. The van der Waals surface area contributed by atoms with E-state index >= 15 is 0 Å². The monoisotopic (exact) mass is 436 g/mol. The first-order chi connectivity index (χ1) is 14.6. The molecule has 5 fully saturated rings. The maximum Gasteiger partial charge on any atom is 0.236 e. The molecule has 0 atom stereocenters. The van der Waals surface area contributed by atoms with Crippen molar-refractivity contribution in [2.45, 2.75) is 43.9 Å². The van der Waals surface area contributed by atoms with E-state index < -0.39 is 0 Å². The second kappa shape index (κ2) is 7.31. The van der Waals surface area contributed by atoms with Crippen LogP contribution in [0.3, 0.4) is 0 Å². The Morgan fingerprint density at radius 3 is 2.40 bits per heavy atom. The van der Waals surface area contributed by atoms with Crippen molar-refractivity contribution in [1.82, 2.24) is 10.3 Å². The summed E-state index contributed by atoms with van der Waals surface area (Å²) >= 11 is 3.16. The predicted molar refractivity (Wildman–Crippen MR) is 123 cm³/mol. The lowest BCUT2D eigenvalue weighted by atomic mass is 9.49. The number of carbonyl (C=O) groups is 1. The molecule has 2 aromatic rings. The Hall–Kier alpha value is -1.99. The van der Waals surface area contributed by atoms with E-state index in [2.05, 4.69) is 33.0 Å². The van der Waals surface area contributed by atoms with Crippen molar-refractivity contribution >= 4 is 40.4 Å². The molecule has 1 saturated heterocycles. The smallest absolute Gasteiger partial charge is 0.236 e. The van der Waals surface area contributed by atoms with Crippen LogP contribution in [0.4, 0.5) is 0 Å². The van der Waals surface area contributed by atoms with Crippen LogP contribution in [-0.2, 0) is 10.2 Å². The Morgan fingerprint density at radius 1 is 1.07 bits per heavy atom. The third-order valence-corrected chi connectivity index (χ3v) is 8.94. The fourth-order valence-electron chi connectivity index (χ4n) is 6.31. The summed E-state index contributed by atoms with van der Waals surface area (Å²) in [5, 5.41) is 14.8. The fraction of sp³-hybridized carbons (Fsp3) is 0.478. The molecular weight excluding hydrogens is 412 g/mol. The Morgan fingerprint density at radius 2 is 1.77 bits per heavy atom. The molecule has 0 unspecified atom stereocenters. The molecule has 0 spiro atoms. The lowest BCUT2D eigenvalue weighted by Gasteiger charge is -2.56. The number of hydrogen-bond donors (Lipinski definition) is 1. The van der Waals surface area contributed by atoms with Crippen LogP contribution in [0.15, 0.2) is 39.8 Å². The van der Waals surface area contributed by atoms with Gasteiger partial charge in [-0.05, 0) is 61.8 Å². The van der Waals surface area contributed by atoms with Gasteiger partial charge in [-0.25, -0.2) is 4.98 Å². The van der Waals surface area contributed by atoms with E-state index in [0.29, 0.717) is 16.3 Å². The largest absolute Gasteiger partial charge is 0.303 e. The minimum absolute atomic E-state index is 0.0188. The maximum atomic E-state index is 11.2. The van der Waals surface area contributed by atoms with Gasteiger partial charge in [0.2, 0.25) is 5.91 Å². The molecule has 154 valence electrons. The molecule has 4 saturated carbocycles. The molecule has 2 heterocycles. The van der Waals surface area contributed by atoms with E-state index in [0.717, 1.165) is 33.9 Å². The highest BCUT2D eigenvalue weighted by atomic mass is 32.2. The summed E-state index contributed by atoms with van der Waals surface area (Å²) in [5.41, 5.74) is 3.87. The number of thiazole rings is 1. The van der Waals surface area contributed by atoms with E-state index in [-0.39, 0.29) is 5.91 Å². The van der Waals surface area contributed by atoms with E-state index in [1.54, 1.807) is 17.6 Å². The number of amidine groups is 1. The zero-order valence-corrected chi connectivity index (χ0v) is 18.3. The van der Waals surface area contributed by atoms with E-state index in [4.69, 9.17) is 4.98 Å². The van der Waals surface area contributed by atoms with Crippen LogP contribution in [0.25, 0.3) is 10.6 Å². The van der Waals surface area contributed by atoms with Gasteiger partial charge < -0.3 is 5.32 Å².